The van der Waals surface area contributed by atoms with E-state index in [1.165, 1.54) is 6.07 Å². The van der Waals surface area contributed by atoms with Gasteiger partial charge in [-0.25, -0.2) is 0 Å². The minimum absolute atomic E-state index is 0.134. The molecule has 0 atom stereocenters. The topological polar surface area (TPSA) is 56.3 Å². The van der Waals surface area contributed by atoms with E-state index >= 15 is 0 Å². The molecule has 2 aromatic carbocycles. The molecule has 4 nitrogen and oxygen atoms in total. The van der Waals surface area contributed by atoms with Crippen molar-refractivity contribution in [3.63, 3.8) is 0 Å². The van der Waals surface area contributed by atoms with Crippen molar-refractivity contribution in [3.8, 4) is 5.75 Å². The lowest BCUT2D eigenvalue weighted by atomic mass is 10.2. The van der Waals surface area contributed by atoms with Gasteiger partial charge in [0.15, 0.2) is 5.75 Å². The molecule has 0 aliphatic carbocycles. The zero-order chi connectivity index (χ0) is 15.7. The maximum atomic E-state index is 12.5. The summed E-state index contributed by atoms with van der Waals surface area (Å²) in [6.45, 7) is 1.73. The van der Waals surface area contributed by atoms with Crippen LogP contribution in [0.3, 0.4) is 0 Å². The summed E-state index contributed by atoms with van der Waals surface area (Å²) in [5.41, 5.74) is 1.14. The summed E-state index contributed by atoms with van der Waals surface area (Å²) < 4.78 is 31.1. The number of fused-ring (bicyclic) bond motifs is 1. The normalized spacial score (nSPS) is 11.5. The predicted molar refractivity (Wildman–Crippen MR) is 88.4 cm³/mol. The fourth-order valence-corrected chi connectivity index (χ4v) is 3.86. The second-order valence-electron chi connectivity index (χ2n) is 4.78. The van der Waals surface area contributed by atoms with Gasteiger partial charge < -0.3 is 4.18 Å². The Morgan fingerprint density at radius 1 is 1.09 bits per heavy atom. The number of aromatic nitrogens is 1. The Morgan fingerprint density at radius 2 is 1.86 bits per heavy atom. The lowest BCUT2D eigenvalue weighted by Crippen LogP contribution is -2.11. The van der Waals surface area contributed by atoms with Crippen LogP contribution in [-0.2, 0) is 10.1 Å². The van der Waals surface area contributed by atoms with Crippen molar-refractivity contribution in [2.75, 3.05) is 0 Å². The zero-order valence-electron chi connectivity index (χ0n) is 11.7. The van der Waals surface area contributed by atoms with E-state index in [2.05, 4.69) is 20.9 Å². The molecule has 3 rings (SSSR count). The fourth-order valence-electron chi connectivity index (χ4n) is 2.15. The quantitative estimate of drug-likeness (QED) is 0.645. The number of halogens is 1. The van der Waals surface area contributed by atoms with Crippen LogP contribution in [0.15, 0.2) is 64.1 Å². The van der Waals surface area contributed by atoms with Crippen LogP contribution in [0.1, 0.15) is 5.56 Å². The van der Waals surface area contributed by atoms with Crippen LogP contribution in [0.25, 0.3) is 10.9 Å². The van der Waals surface area contributed by atoms with E-state index in [9.17, 15) is 8.42 Å². The molecule has 1 aromatic heterocycles. The van der Waals surface area contributed by atoms with E-state index in [-0.39, 0.29) is 10.6 Å². The van der Waals surface area contributed by atoms with Gasteiger partial charge in [-0.15, -0.1) is 0 Å². The largest absolute Gasteiger partial charge is 0.377 e. The fraction of sp³-hybridized carbons (Fsp3) is 0.0625. The summed E-state index contributed by atoms with van der Waals surface area (Å²) in [4.78, 5) is 4.33. The highest BCUT2D eigenvalue weighted by Crippen LogP contribution is 2.28. The van der Waals surface area contributed by atoms with E-state index in [1.807, 2.05) is 12.1 Å². The van der Waals surface area contributed by atoms with Crippen molar-refractivity contribution in [3.05, 3.63) is 64.8 Å². The maximum absolute atomic E-state index is 12.5. The Bertz CT molecular complexity index is 949. The molecule has 0 saturated heterocycles. The molecule has 0 bridgehead atoms. The molecule has 0 amide bonds. The van der Waals surface area contributed by atoms with Gasteiger partial charge in [0.05, 0.1) is 0 Å². The van der Waals surface area contributed by atoms with Crippen LogP contribution in [0.5, 0.6) is 5.75 Å². The van der Waals surface area contributed by atoms with E-state index < -0.39 is 10.1 Å². The molecule has 1 heterocycles. The van der Waals surface area contributed by atoms with Gasteiger partial charge in [0.1, 0.15) is 10.4 Å². The minimum atomic E-state index is -3.93. The van der Waals surface area contributed by atoms with Gasteiger partial charge in [0.25, 0.3) is 0 Å². The Balaban J connectivity index is 2.09. The van der Waals surface area contributed by atoms with Crippen molar-refractivity contribution in [2.45, 2.75) is 11.8 Å². The Hall–Kier alpha value is -1.92. The van der Waals surface area contributed by atoms with Gasteiger partial charge in [-0.2, -0.15) is 8.42 Å². The highest BCUT2D eigenvalue weighted by molar-refractivity contribution is 9.10. The van der Waals surface area contributed by atoms with Gasteiger partial charge in [0, 0.05) is 16.1 Å². The van der Waals surface area contributed by atoms with Crippen molar-refractivity contribution in [1.29, 1.82) is 0 Å². The van der Waals surface area contributed by atoms with E-state index in [0.29, 0.717) is 15.6 Å². The summed E-state index contributed by atoms with van der Waals surface area (Å²) >= 11 is 3.28. The van der Waals surface area contributed by atoms with Crippen molar-refractivity contribution >= 4 is 37.0 Å². The van der Waals surface area contributed by atoms with E-state index in [1.54, 1.807) is 43.5 Å². The van der Waals surface area contributed by atoms with Gasteiger partial charge >= 0.3 is 10.1 Å². The average Bonchev–Trinajstić information content (AvgIpc) is 2.50. The van der Waals surface area contributed by atoms with Crippen molar-refractivity contribution in [1.82, 2.24) is 4.98 Å². The number of para-hydroxylation sites is 1. The van der Waals surface area contributed by atoms with Crippen molar-refractivity contribution < 1.29 is 12.6 Å². The Kier molecular flexibility index (Phi) is 3.88. The number of hydrogen-bond acceptors (Lipinski definition) is 4. The van der Waals surface area contributed by atoms with Crippen molar-refractivity contribution in [2.24, 2.45) is 0 Å². The van der Waals surface area contributed by atoms with Gasteiger partial charge in [0.2, 0.25) is 0 Å². The highest BCUT2D eigenvalue weighted by Gasteiger charge is 2.21. The SMILES string of the molecule is Cc1ccc(Br)cc1S(=O)(=O)Oc1cccc2cccnc12. The predicted octanol–water partition coefficient (Wildman–Crippen LogP) is 4.07. The summed E-state index contributed by atoms with van der Waals surface area (Å²) in [7, 11) is -3.93. The van der Waals surface area contributed by atoms with Crippen LogP contribution in [0.2, 0.25) is 0 Å². The Labute approximate surface area is 137 Å². The number of rotatable bonds is 3. The molecular formula is C16H12BrNO3S. The molecular weight excluding hydrogens is 366 g/mol. The number of aryl methyl sites for hydroxylation is 1. The first-order chi connectivity index (χ1) is 10.5. The third-order valence-electron chi connectivity index (χ3n) is 3.21. The summed E-state index contributed by atoms with van der Waals surface area (Å²) in [6, 6.07) is 13.9. The second kappa shape index (κ2) is 5.70. The van der Waals surface area contributed by atoms with E-state index in [0.717, 1.165) is 5.39 Å². The monoisotopic (exact) mass is 377 g/mol. The van der Waals surface area contributed by atoms with Crippen LogP contribution in [0, 0.1) is 6.92 Å². The summed E-state index contributed by atoms with van der Waals surface area (Å²) in [6.07, 6.45) is 1.60. The average molecular weight is 378 g/mol. The lowest BCUT2D eigenvalue weighted by molar-refractivity contribution is 0.487. The summed E-state index contributed by atoms with van der Waals surface area (Å²) in [5, 5.41) is 0.821. The first kappa shape index (κ1) is 15.0. The zero-order valence-corrected chi connectivity index (χ0v) is 14.1. The molecule has 0 saturated carbocycles. The number of pyridine rings is 1. The van der Waals surface area contributed by atoms with Gasteiger partial charge in [-0.3, -0.25) is 4.98 Å². The standard InChI is InChI=1S/C16H12BrNO3S/c1-11-7-8-13(17)10-15(11)22(19,20)21-14-6-2-4-12-5-3-9-18-16(12)14/h2-10H,1H3. The van der Waals surface area contributed by atoms with Gasteiger partial charge in [-0.1, -0.05) is 40.2 Å². The second-order valence-corrected chi connectivity index (χ2v) is 7.21. The summed E-state index contributed by atoms with van der Waals surface area (Å²) in [5.74, 6) is 0.220. The first-order valence-corrected chi connectivity index (χ1v) is 8.72. The molecule has 0 radical (unpaired) electrons. The molecule has 0 N–H and O–H groups in total. The lowest BCUT2D eigenvalue weighted by Gasteiger charge is -2.11. The Morgan fingerprint density at radius 3 is 2.68 bits per heavy atom. The molecule has 0 unspecified atom stereocenters. The minimum Gasteiger partial charge on any atom is -0.377 e. The van der Waals surface area contributed by atoms with Crippen LogP contribution in [0.4, 0.5) is 0 Å². The van der Waals surface area contributed by atoms with Crippen LogP contribution >= 0.6 is 15.9 Å². The molecule has 0 spiro atoms. The third-order valence-corrected chi connectivity index (χ3v) is 5.09. The maximum Gasteiger partial charge on any atom is 0.339 e. The van der Waals surface area contributed by atoms with Crippen LogP contribution < -0.4 is 4.18 Å². The number of benzene rings is 2. The van der Waals surface area contributed by atoms with Crippen LogP contribution in [-0.4, -0.2) is 13.4 Å². The number of hydrogen-bond donors (Lipinski definition) is 0. The van der Waals surface area contributed by atoms with E-state index in [4.69, 9.17) is 4.18 Å². The van der Waals surface area contributed by atoms with Gasteiger partial charge in [-0.05, 0) is 36.8 Å². The third kappa shape index (κ3) is 2.84. The highest BCUT2D eigenvalue weighted by atomic mass is 79.9. The smallest absolute Gasteiger partial charge is 0.339 e. The number of nitrogens with zero attached hydrogens (tertiary/aromatic N) is 1. The molecule has 0 aliphatic heterocycles. The first-order valence-electron chi connectivity index (χ1n) is 6.52. The molecule has 22 heavy (non-hydrogen) atoms. The molecule has 0 fully saturated rings. The molecule has 0 aliphatic rings. The molecule has 3 aromatic rings. The molecule has 6 heteroatoms. The molecule has 112 valence electrons.